The Bertz CT molecular complexity index is 558. The van der Waals surface area contributed by atoms with Gasteiger partial charge in [0, 0.05) is 30.5 Å². The van der Waals surface area contributed by atoms with Crippen LogP contribution in [0.2, 0.25) is 0 Å². The molecule has 3 N–H and O–H groups in total. The number of hydrogen-bond donors (Lipinski definition) is 2. The van der Waals surface area contributed by atoms with E-state index in [0.717, 1.165) is 11.3 Å². The lowest BCUT2D eigenvalue weighted by molar-refractivity contribution is 0.162. The second kappa shape index (κ2) is 7.25. The van der Waals surface area contributed by atoms with Crippen LogP contribution in [0.5, 0.6) is 0 Å². The highest BCUT2D eigenvalue weighted by Gasteiger charge is 2.04. The second-order valence-electron chi connectivity index (χ2n) is 4.24. The van der Waals surface area contributed by atoms with Crippen molar-refractivity contribution in [2.75, 3.05) is 11.9 Å². The van der Waals surface area contributed by atoms with Gasteiger partial charge in [0.1, 0.15) is 0 Å². The van der Waals surface area contributed by atoms with Gasteiger partial charge in [0.2, 0.25) is 0 Å². The van der Waals surface area contributed by atoms with E-state index in [-0.39, 0.29) is 0 Å². The van der Waals surface area contributed by atoms with Crippen molar-refractivity contribution in [1.82, 2.24) is 4.98 Å². The average Bonchev–Trinajstić information content (AvgIpc) is 2.48. The molecule has 1 aromatic carbocycles. The molecule has 0 spiro atoms. The van der Waals surface area contributed by atoms with Crippen molar-refractivity contribution in [3.8, 4) is 0 Å². The fraction of sp³-hybridized carbons (Fsp3) is 0.200. The van der Waals surface area contributed by atoms with E-state index >= 15 is 0 Å². The molecule has 1 heterocycles. The van der Waals surface area contributed by atoms with E-state index < -0.39 is 6.09 Å². The summed E-state index contributed by atoms with van der Waals surface area (Å²) in [6.45, 7) is 0.726. The molecule has 0 aliphatic carbocycles. The number of nitrogens with two attached hydrogens (primary N) is 1. The fourth-order valence-electron chi connectivity index (χ4n) is 1.72. The summed E-state index contributed by atoms with van der Waals surface area (Å²) in [6.07, 6.45) is 1.83. The minimum absolute atomic E-state index is 0.291. The topological polar surface area (TPSA) is 77.2 Å². The van der Waals surface area contributed by atoms with Crippen molar-refractivity contribution in [3.05, 3.63) is 59.9 Å². The van der Waals surface area contributed by atoms with Crippen molar-refractivity contribution in [1.29, 1.82) is 0 Å². The summed E-state index contributed by atoms with van der Waals surface area (Å²) in [7, 11) is 0. The number of benzene rings is 1. The molecule has 0 aliphatic heterocycles. The number of pyridine rings is 1. The number of amides is 1. The average molecular weight is 271 g/mol. The molecule has 0 radical (unpaired) electrons. The molecule has 1 aromatic heterocycles. The predicted octanol–water partition coefficient (Wildman–Crippen LogP) is 2.33. The van der Waals surface area contributed by atoms with E-state index in [1.54, 1.807) is 12.3 Å². The van der Waals surface area contributed by atoms with Gasteiger partial charge in [-0.2, -0.15) is 0 Å². The van der Waals surface area contributed by atoms with Crippen LogP contribution in [0.1, 0.15) is 11.3 Å². The standard InChI is InChI=1S/C15H17N3O2/c16-11-12-4-3-6-14(10-12)18-15(19)20-9-7-13-5-1-2-8-17-13/h1-6,8,10H,7,9,11,16H2,(H,18,19). The van der Waals surface area contributed by atoms with Crippen LogP contribution in [0.3, 0.4) is 0 Å². The molecule has 2 aromatic rings. The van der Waals surface area contributed by atoms with Crippen LogP contribution in [-0.2, 0) is 17.7 Å². The molecule has 2 rings (SSSR count). The number of nitrogens with one attached hydrogen (secondary N) is 1. The minimum atomic E-state index is -0.477. The molecule has 0 atom stereocenters. The van der Waals surface area contributed by atoms with E-state index in [4.69, 9.17) is 10.5 Å². The van der Waals surface area contributed by atoms with E-state index in [2.05, 4.69) is 10.3 Å². The van der Waals surface area contributed by atoms with E-state index in [0.29, 0.717) is 25.3 Å². The molecule has 20 heavy (non-hydrogen) atoms. The van der Waals surface area contributed by atoms with Crippen molar-refractivity contribution in [2.45, 2.75) is 13.0 Å². The van der Waals surface area contributed by atoms with Crippen LogP contribution in [0.25, 0.3) is 0 Å². The summed E-state index contributed by atoms with van der Waals surface area (Å²) in [6, 6.07) is 13.0. The third-order valence-electron chi connectivity index (χ3n) is 2.73. The first-order valence-electron chi connectivity index (χ1n) is 6.40. The number of carbonyl (C=O) groups is 1. The molecule has 104 valence electrons. The molecular weight excluding hydrogens is 254 g/mol. The summed E-state index contributed by atoms with van der Waals surface area (Å²) in [4.78, 5) is 15.8. The van der Waals surface area contributed by atoms with Gasteiger partial charge in [-0.05, 0) is 29.8 Å². The van der Waals surface area contributed by atoms with Crippen LogP contribution in [-0.4, -0.2) is 17.7 Å². The Morgan fingerprint density at radius 3 is 2.90 bits per heavy atom. The van der Waals surface area contributed by atoms with Crippen LogP contribution in [0.4, 0.5) is 10.5 Å². The first-order valence-corrected chi connectivity index (χ1v) is 6.40. The normalized spacial score (nSPS) is 10.1. The van der Waals surface area contributed by atoms with Gasteiger partial charge in [-0.3, -0.25) is 10.3 Å². The Labute approximate surface area is 117 Å². The molecule has 5 nitrogen and oxygen atoms in total. The molecule has 5 heteroatoms. The number of nitrogens with zero attached hydrogens (tertiary/aromatic N) is 1. The Hall–Kier alpha value is -2.40. The van der Waals surface area contributed by atoms with Crippen LogP contribution >= 0.6 is 0 Å². The number of aromatic nitrogens is 1. The Morgan fingerprint density at radius 1 is 1.25 bits per heavy atom. The molecule has 0 saturated carbocycles. The third-order valence-corrected chi connectivity index (χ3v) is 2.73. The summed E-state index contributed by atoms with van der Waals surface area (Å²) in [5, 5.41) is 2.67. The van der Waals surface area contributed by atoms with Crippen LogP contribution < -0.4 is 11.1 Å². The molecular formula is C15H17N3O2. The maximum absolute atomic E-state index is 11.6. The highest BCUT2D eigenvalue weighted by atomic mass is 16.5. The quantitative estimate of drug-likeness (QED) is 0.875. The van der Waals surface area contributed by atoms with Gasteiger partial charge in [0.25, 0.3) is 0 Å². The lowest BCUT2D eigenvalue weighted by atomic mass is 10.2. The maximum atomic E-state index is 11.6. The van der Waals surface area contributed by atoms with Gasteiger partial charge in [-0.15, -0.1) is 0 Å². The monoisotopic (exact) mass is 271 g/mol. The first-order chi connectivity index (χ1) is 9.78. The smallest absolute Gasteiger partial charge is 0.411 e. The zero-order valence-electron chi connectivity index (χ0n) is 11.1. The highest BCUT2D eigenvalue weighted by Crippen LogP contribution is 2.10. The van der Waals surface area contributed by atoms with Gasteiger partial charge in [-0.25, -0.2) is 4.79 Å². The fourth-order valence-corrected chi connectivity index (χ4v) is 1.72. The number of anilines is 1. The van der Waals surface area contributed by atoms with Crippen molar-refractivity contribution in [3.63, 3.8) is 0 Å². The molecule has 0 aliphatic rings. The summed E-state index contributed by atoms with van der Waals surface area (Å²) >= 11 is 0. The zero-order chi connectivity index (χ0) is 14.2. The summed E-state index contributed by atoms with van der Waals surface area (Å²) in [5.41, 5.74) is 8.07. The van der Waals surface area contributed by atoms with Crippen molar-refractivity contribution < 1.29 is 9.53 Å². The maximum Gasteiger partial charge on any atom is 0.411 e. The van der Waals surface area contributed by atoms with Crippen LogP contribution in [0.15, 0.2) is 48.7 Å². The van der Waals surface area contributed by atoms with Gasteiger partial charge in [0.15, 0.2) is 0 Å². The van der Waals surface area contributed by atoms with Crippen LogP contribution in [0, 0.1) is 0 Å². The Balaban J connectivity index is 1.77. The molecule has 0 unspecified atom stereocenters. The minimum Gasteiger partial charge on any atom is -0.449 e. The largest absolute Gasteiger partial charge is 0.449 e. The number of ether oxygens (including phenoxy) is 1. The van der Waals surface area contributed by atoms with E-state index in [9.17, 15) is 4.79 Å². The number of carbonyl (C=O) groups excluding carboxylic acids is 1. The number of rotatable bonds is 5. The SMILES string of the molecule is NCc1cccc(NC(=O)OCCc2ccccn2)c1. The third kappa shape index (κ3) is 4.37. The first kappa shape index (κ1) is 14.0. The molecule has 0 bridgehead atoms. The molecule has 0 saturated heterocycles. The molecule has 1 amide bonds. The lowest BCUT2D eigenvalue weighted by Gasteiger charge is -2.07. The number of hydrogen-bond acceptors (Lipinski definition) is 4. The Kier molecular flexibility index (Phi) is 5.08. The molecule has 0 fully saturated rings. The van der Waals surface area contributed by atoms with Gasteiger partial charge in [0.05, 0.1) is 6.61 Å². The van der Waals surface area contributed by atoms with Gasteiger partial charge >= 0.3 is 6.09 Å². The lowest BCUT2D eigenvalue weighted by Crippen LogP contribution is -2.15. The van der Waals surface area contributed by atoms with Gasteiger partial charge < -0.3 is 10.5 Å². The van der Waals surface area contributed by atoms with Gasteiger partial charge in [-0.1, -0.05) is 18.2 Å². The van der Waals surface area contributed by atoms with E-state index in [1.807, 2.05) is 36.4 Å². The van der Waals surface area contributed by atoms with E-state index in [1.165, 1.54) is 0 Å². The zero-order valence-corrected chi connectivity index (χ0v) is 11.1. The predicted molar refractivity (Wildman–Crippen MR) is 77.2 cm³/mol. The Morgan fingerprint density at radius 2 is 2.15 bits per heavy atom. The van der Waals surface area contributed by atoms with Crippen molar-refractivity contribution >= 4 is 11.8 Å². The highest BCUT2D eigenvalue weighted by molar-refractivity contribution is 5.84. The van der Waals surface area contributed by atoms with Crippen molar-refractivity contribution in [2.24, 2.45) is 5.73 Å². The summed E-state index contributed by atoms with van der Waals surface area (Å²) in [5.74, 6) is 0. The second-order valence-corrected chi connectivity index (χ2v) is 4.24. The summed E-state index contributed by atoms with van der Waals surface area (Å²) < 4.78 is 5.10.